The highest BCUT2D eigenvalue weighted by Crippen LogP contribution is 2.30. The molecule has 152 valence electrons. The molecule has 0 aliphatic heterocycles. The molecule has 0 radical (unpaired) electrons. The van der Waals surface area contributed by atoms with E-state index >= 15 is 0 Å². The van der Waals surface area contributed by atoms with E-state index < -0.39 is 21.6 Å². The molecule has 0 aliphatic carbocycles. The number of anilines is 1. The molecule has 29 heavy (non-hydrogen) atoms. The van der Waals surface area contributed by atoms with Gasteiger partial charge in [0.2, 0.25) is 0 Å². The van der Waals surface area contributed by atoms with E-state index in [1.807, 2.05) is 0 Å². The SMILES string of the molecule is Cc1c(C(=O)Nc2ccc(S(C)(=O)=O)cc2)cn(CCO)c1-c1ccccc1F. The Labute approximate surface area is 168 Å². The summed E-state index contributed by atoms with van der Waals surface area (Å²) in [6.07, 6.45) is 2.69. The largest absolute Gasteiger partial charge is 0.395 e. The van der Waals surface area contributed by atoms with Crippen molar-refractivity contribution in [3.8, 4) is 11.3 Å². The number of rotatable bonds is 6. The number of amides is 1. The highest BCUT2D eigenvalue weighted by Gasteiger charge is 2.21. The smallest absolute Gasteiger partial charge is 0.257 e. The maximum atomic E-state index is 14.3. The Bertz CT molecular complexity index is 1150. The molecule has 0 saturated carbocycles. The van der Waals surface area contributed by atoms with Gasteiger partial charge in [-0.25, -0.2) is 12.8 Å². The summed E-state index contributed by atoms with van der Waals surface area (Å²) in [4.78, 5) is 13.0. The van der Waals surface area contributed by atoms with Crippen LogP contribution in [0.2, 0.25) is 0 Å². The number of hydrogen-bond donors (Lipinski definition) is 2. The van der Waals surface area contributed by atoms with Crippen LogP contribution in [0, 0.1) is 12.7 Å². The fraction of sp³-hybridized carbons (Fsp3) is 0.190. The minimum Gasteiger partial charge on any atom is -0.395 e. The number of benzene rings is 2. The summed E-state index contributed by atoms with van der Waals surface area (Å²) in [5.41, 5.74) is 2.21. The average molecular weight is 416 g/mol. The number of hydrogen-bond acceptors (Lipinski definition) is 4. The van der Waals surface area contributed by atoms with Crippen molar-refractivity contribution < 1.29 is 22.7 Å². The standard InChI is InChI=1S/C21H21FN2O4S/c1-14-18(21(26)23-15-7-9-16(10-8-15)29(2,27)28)13-24(11-12-25)20(14)17-5-3-4-6-19(17)22/h3-10,13,25H,11-12H2,1-2H3,(H,23,26). The molecule has 0 spiro atoms. The highest BCUT2D eigenvalue weighted by molar-refractivity contribution is 7.90. The van der Waals surface area contributed by atoms with Crippen molar-refractivity contribution in [3.63, 3.8) is 0 Å². The molecule has 8 heteroatoms. The number of nitrogens with one attached hydrogen (secondary N) is 1. The van der Waals surface area contributed by atoms with Crippen LogP contribution in [0.3, 0.4) is 0 Å². The summed E-state index contributed by atoms with van der Waals surface area (Å²) >= 11 is 0. The van der Waals surface area contributed by atoms with Gasteiger partial charge in [0.05, 0.1) is 22.8 Å². The zero-order chi connectivity index (χ0) is 21.2. The topological polar surface area (TPSA) is 88.4 Å². The van der Waals surface area contributed by atoms with E-state index in [2.05, 4.69) is 5.32 Å². The second kappa shape index (κ2) is 8.18. The Morgan fingerprint density at radius 1 is 1.14 bits per heavy atom. The summed E-state index contributed by atoms with van der Waals surface area (Å²) < 4.78 is 39.1. The first-order valence-electron chi connectivity index (χ1n) is 8.89. The molecule has 3 aromatic rings. The van der Waals surface area contributed by atoms with Gasteiger partial charge in [0, 0.05) is 30.2 Å². The van der Waals surface area contributed by atoms with Crippen LogP contribution in [0.25, 0.3) is 11.3 Å². The number of carbonyl (C=O) groups is 1. The summed E-state index contributed by atoms with van der Waals surface area (Å²) in [5.74, 6) is -0.833. The van der Waals surface area contributed by atoms with Crippen molar-refractivity contribution in [2.45, 2.75) is 18.4 Å². The number of aromatic nitrogens is 1. The van der Waals surface area contributed by atoms with Gasteiger partial charge in [-0.1, -0.05) is 12.1 Å². The van der Waals surface area contributed by atoms with Crippen molar-refractivity contribution in [1.29, 1.82) is 0 Å². The zero-order valence-electron chi connectivity index (χ0n) is 16.0. The molecule has 3 rings (SSSR count). The monoisotopic (exact) mass is 416 g/mol. The van der Waals surface area contributed by atoms with Crippen LogP contribution in [-0.2, 0) is 16.4 Å². The lowest BCUT2D eigenvalue weighted by Gasteiger charge is -2.10. The van der Waals surface area contributed by atoms with Crippen LogP contribution in [-0.4, -0.2) is 36.9 Å². The molecular weight excluding hydrogens is 395 g/mol. The van der Waals surface area contributed by atoms with Gasteiger partial charge >= 0.3 is 0 Å². The minimum atomic E-state index is -3.33. The third-order valence-electron chi connectivity index (χ3n) is 4.59. The normalized spacial score (nSPS) is 11.4. The van der Waals surface area contributed by atoms with E-state index in [-0.39, 0.29) is 18.0 Å². The molecular formula is C21H21FN2O4S. The fourth-order valence-corrected chi connectivity index (χ4v) is 3.80. The Morgan fingerprint density at radius 3 is 2.38 bits per heavy atom. The van der Waals surface area contributed by atoms with Crippen molar-refractivity contribution in [3.05, 3.63) is 71.7 Å². The molecule has 0 unspecified atom stereocenters. The first-order valence-corrected chi connectivity index (χ1v) is 10.8. The Kier molecular flexibility index (Phi) is 5.86. The average Bonchev–Trinajstić information content (AvgIpc) is 2.98. The van der Waals surface area contributed by atoms with Gasteiger partial charge in [-0.3, -0.25) is 4.79 Å². The maximum absolute atomic E-state index is 14.3. The van der Waals surface area contributed by atoms with Gasteiger partial charge in [0.25, 0.3) is 5.91 Å². The maximum Gasteiger partial charge on any atom is 0.257 e. The third-order valence-corrected chi connectivity index (χ3v) is 5.71. The summed E-state index contributed by atoms with van der Waals surface area (Å²) in [6.45, 7) is 1.77. The molecule has 0 bridgehead atoms. The van der Waals surface area contributed by atoms with E-state index in [9.17, 15) is 22.7 Å². The molecule has 1 heterocycles. The second-order valence-corrected chi connectivity index (χ2v) is 8.68. The Morgan fingerprint density at radius 2 is 1.79 bits per heavy atom. The van der Waals surface area contributed by atoms with Crippen molar-refractivity contribution in [2.24, 2.45) is 0 Å². The van der Waals surface area contributed by atoms with Gasteiger partial charge in [0.1, 0.15) is 5.82 Å². The number of aliphatic hydroxyl groups excluding tert-OH is 1. The molecule has 1 aromatic heterocycles. The van der Waals surface area contributed by atoms with Crippen LogP contribution >= 0.6 is 0 Å². The lowest BCUT2D eigenvalue weighted by atomic mass is 10.0. The molecule has 0 saturated heterocycles. The zero-order valence-corrected chi connectivity index (χ0v) is 16.8. The lowest BCUT2D eigenvalue weighted by molar-refractivity contribution is 0.102. The summed E-state index contributed by atoms with van der Waals surface area (Å²) in [5, 5.41) is 12.1. The van der Waals surface area contributed by atoms with Crippen molar-refractivity contribution >= 4 is 21.4 Å². The Balaban J connectivity index is 1.95. The number of carbonyl (C=O) groups excluding carboxylic acids is 1. The first-order chi connectivity index (χ1) is 13.7. The van der Waals surface area contributed by atoms with Crippen LogP contribution in [0.4, 0.5) is 10.1 Å². The number of aliphatic hydroxyl groups is 1. The Hall–Kier alpha value is -2.97. The van der Waals surface area contributed by atoms with Crippen LogP contribution < -0.4 is 5.32 Å². The molecule has 0 atom stereocenters. The van der Waals surface area contributed by atoms with Gasteiger partial charge in [-0.15, -0.1) is 0 Å². The molecule has 0 aliphatic rings. The molecule has 2 aromatic carbocycles. The van der Waals surface area contributed by atoms with Crippen molar-refractivity contribution in [2.75, 3.05) is 18.2 Å². The van der Waals surface area contributed by atoms with Crippen molar-refractivity contribution in [1.82, 2.24) is 4.57 Å². The quantitative estimate of drug-likeness (QED) is 0.646. The second-order valence-electron chi connectivity index (χ2n) is 6.66. The third kappa shape index (κ3) is 4.38. The van der Waals surface area contributed by atoms with E-state index in [1.54, 1.807) is 35.9 Å². The molecule has 1 amide bonds. The van der Waals surface area contributed by atoms with Gasteiger partial charge in [-0.2, -0.15) is 0 Å². The van der Waals surface area contributed by atoms with Crippen LogP contribution in [0.15, 0.2) is 59.6 Å². The summed E-state index contributed by atoms with van der Waals surface area (Å²) in [6, 6.07) is 12.1. The number of nitrogens with zero attached hydrogens (tertiary/aromatic N) is 1. The number of sulfone groups is 1. The number of halogens is 1. The van der Waals surface area contributed by atoms with Gasteiger partial charge in [0.15, 0.2) is 9.84 Å². The molecule has 2 N–H and O–H groups in total. The predicted octanol–water partition coefficient (Wildman–Crippen LogP) is 3.25. The lowest BCUT2D eigenvalue weighted by Crippen LogP contribution is -2.12. The van der Waals surface area contributed by atoms with E-state index in [4.69, 9.17) is 0 Å². The van der Waals surface area contributed by atoms with Gasteiger partial charge in [-0.05, 0) is 48.9 Å². The van der Waals surface area contributed by atoms with Gasteiger partial charge < -0.3 is 15.0 Å². The molecule has 6 nitrogen and oxygen atoms in total. The van der Waals surface area contributed by atoms with E-state index in [1.165, 1.54) is 30.3 Å². The summed E-state index contributed by atoms with van der Waals surface area (Å²) in [7, 11) is -3.33. The fourth-order valence-electron chi connectivity index (χ4n) is 3.17. The van der Waals surface area contributed by atoms with Crippen LogP contribution in [0.5, 0.6) is 0 Å². The minimum absolute atomic E-state index is 0.155. The molecule has 0 fully saturated rings. The predicted molar refractivity (Wildman–Crippen MR) is 109 cm³/mol. The van der Waals surface area contributed by atoms with Crippen LogP contribution in [0.1, 0.15) is 15.9 Å². The van der Waals surface area contributed by atoms with E-state index in [0.717, 1.165) is 6.26 Å². The van der Waals surface area contributed by atoms with E-state index in [0.29, 0.717) is 28.1 Å². The highest BCUT2D eigenvalue weighted by atomic mass is 32.2. The first kappa shape index (κ1) is 20.8.